The molecule has 0 aliphatic rings. The normalized spacial score (nSPS) is 12.8. The first-order chi connectivity index (χ1) is 9.39. The third-order valence-electron chi connectivity index (χ3n) is 3.13. The SMILES string of the molecule is CCC(CC)c1cc(CNC(=NC)NC(C)(C)C)on1. The monoisotopic (exact) mass is 280 g/mol. The van der Waals surface area contributed by atoms with Gasteiger partial charge in [-0.2, -0.15) is 0 Å². The first-order valence-corrected chi connectivity index (χ1v) is 7.33. The van der Waals surface area contributed by atoms with Gasteiger partial charge in [0.1, 0.15) is 0 Å². The predicted octanol–water partition coefficient (Wildman–Crippen LogP) is 3.04. The fourth-order valence-corrected chi connectivity index (χ4v) is 2.02. The van der Waals surface area contributed by atoms with E-state index in [0.29, 0.717) is 12.5 Å². The van der Waals surface area contributed by atoms with E-state index < -0.39 is 0 Å². The summed E-state index contributed by atoms with van der Waals surface area (Å²) in [7, 11) is 1.76. The van der Waals surface area contributed by atoms with E-state index in [4.69, 9.17) is 4.52 Å². The van der Waals surface area contributed by atoms with E-state index in [0.717, 1.165) is 30.3 Å². The van der Waals surface area contributed by atoms with Crippen LogP contribution in [0.15, 0.2) is 15.6 Å². The average molecular weight is 280 g/mol. The molecule has 0 radical (unpaired) electrons. The highest BCUT2D eigenvalue weighted by Gasteiger charge is 2.14. The minimum atomic E-state index is -0.0239. The summed E-state index contributed by atoms with van der Waals surface area (Å²) >= 11 is 0. The molecule has 1 heterocycles. The van der Waals surface area contributed by atoms with Gasteiger partial charge in [-0.1, -0.05) is 19.0 Å². The number of aliphatic imine (C=N–C) groups is 1. The molecule has 1 rings (SSSR count). The molecule has 0 atom stereocenters. The molecular formula is C15H28N4O. The number of hydrogen-bond donors (Lipinski definition) is 2. The van der Waals surface area contributed by atoms with Crippen molar-refractivity contribution in [3.05, 3.63) is 17.5 Å². The van der Waals surface area contributed by atoms with Crippen LogP contribution in [0.4, 0.5) is 0 Å². The zero-order chi connectivity index (χ0) is 15.2. The average Bonchev–Trinajstić information content (AvgIpc) is 2.83. The lowest BCUT2D eigenvalue weighted by Gasteiger charge is -2.23. The van der Waals surface area contributed by atoms with Crippen LogP contribution in [0, 0.1) is 0 Å². The molecule has 0 spiro atoms. The second-order valence-electron chi connectivity index (χ2n) is 6.03. The van der Waals surface area contributed by atoms with Gasteiger partial charge in [-0.15, -0.1) is 0 Å². The van der Waals surface area contributed by atoms with E-state index in [1.165, 1.54) is 0 Å². The topological polar surface area (TPSA) is 62.5 Å². The maximum absolute atomic E-state index is 5.38. The molecule has 20 heavy (non-hydrogen) atoms. The highest BCUT2D eigenvalue weighted by molar-refractivity contribution is 5.80. The lowest BCUT2D eigenvalue weighted by Crippen LogP contribution is -2.47. The molecule has 0 bridgehead atoms. The second kappa shape index (κ2) is 7.31. The molecule has 0 saturated heterocycles. The predicted molar refractivity (Wildman–Crippen MR) is 82.9 cm³/mol. The molecule has 114 valence electrons. The zero-order valence-electron chi connectivity index (χ0n) is 13.6. The van der Waals surface area contributed by atoms with Gasteiger partial charge < -0.3 is 15.2 Å². The summed E-state index contributed by atoms with van der Waals surface area (Å²) < 4.78 is 5.38. The quantitative estimate of drug-likeness (QED) is 0.643. The number of rotatable bonds is 5. The number of guanidine groups is 1. The van der Waals surface area contributed by atoms with Crippen LogP contribution in [-0.4, -0.2) is 23.7 Å². The molecule has 0 saturated carbocycles. The third-order valence-corrected chi connectivity index (χ3v) is 3.13. The maximum Gasteiger partial charge on any atom is 0.191 e. The lowest BCUT2D eigenvalue weighted by atomic mass is 9.99. The van der Waals surface area contributed by atoms with Gasteiger partial charge in [-0.25, -0.2) is 0 Å². The Morgan fingerprint density at radius 3 is 2.50 bits per heavy atom. The first kappa shape index (κ1) is 16.5. The van der Waals surface area contributed by atoms with Crippen molar-refractivity contribution in [3.63, 3.8) is 0 Å². The summed E-state index contributed by atoms with van der Waals surface area (Å²) in [5.74, 6) is 2.08. The Bertz CT molecular complexity index is 427. The maximum atomic E-state index is 5.38. The Labute approximate surface area is 122 Å². The Kier molecular flexibility index (Phi) is 6.05. The van der Waals surface area contributed by atoms with Crippen LogP contribution in [0.2, 0.25) is 0 Å². The van der Waals surface area contributed by atoms with Gasteiger partial charge in [-0.05, 0) is 33.6 Å². The third kappa shape index (κ3) is 5.23. The van der Waals surface area contributed by atoms with Crippen LogP contribution in [0.1, 0.15) is 64.8 Å². The fraction of sp³-hybridized carbons (Fsp3) is 0.733. The summed E-state index contributed by atoms with van der Waals surface area (Å²) in [4.78, 5) is 4.20. The van der Waals surface area contributed by atoms with Gasteiger partial charge in [-0.3, -0.25) is 4.99 Å². The van der Waals surface area contributed by atoms with E-state index in [2.05, 4.69) is 55.4 Å². The van der Waals surface area contributed by atoms with Crippen LogP contribution in [0.3, 0.4) is 0 Å². The molecule has 1 aromatic rings. The molecule has 5 heteroatoms. The Morgan fingerprint density at radius 2 is 2.00 bits per heavy atom. The van der Waals surface area contributed by atoms with Gasteiger partial charge in [0.05, 0.1) is 12.2 Å². The second-order valence-corrected chi connectivity index (χ2v) is 6.03. The molecule has 5 nitrogen and oxygen atoms in total. The summed E-state index contributed by atoms with van der Waals surface area (Å²) in [6.45, 7) is 11.2. The van der Waals surface area contributed by atoms with Gasteiger partial charge in [0.15, 0.2) is 11.7 Å². The van der Waals surface area contributed by atoms with Gasteiger partial charge in [0, 0.05) is 24.6 Å². The molecule has 0 fully saturated rings. The van der Waals surface area contributed by atoms with E-state index >= 15 is 0 Å². The van der Waals surface area contributed by atoms with Crippen molar-refractivity contribution in [2.75, 3.05) is 7.05 Å². The lowest BCUT2D eigenvalue weighted by molar-refractivity contribution is 0.367. The summed E-state index contributed by atoms with van der Waals surface area (Å²) in [6.07, 6.45) is 2.17. The first-order valence-electron chi connectivity index (χ1n) is 7.33. The van der Waals surface area contributed by atoms with Crippen molar-refractivity contribution in [2.45, 2.75) is 65.5 Å². The largest absolute Gasteiger partial charge is 0.359 e. The van der Waals surface area contributed by atoms with Gasteiger partial charge in [0.25, 0.3) is 0 Å². The summed E-state index contributed by atoms with van der Waals surface area (Å²) in [5, 5.41) is 10.7. The number of hydrogen-bond acceptors (Lipinski definition) is 3. The Morgan fingerprint density at radius 1 is 1.35 bits per heavy atom. The standard InChI is InChI=1S/C15H28N4O/c1-7-11(8-2)13-9-12(20-19-13)10-17-14(16-6)18-15(3,4)5/h9,11H,7-8,10H2,1-6H3,(H2,16,17,18). The highest BCUT2D eigenvalue weighted by atomic mass is 16.5. The minimum Gasteiger partial charge on any atom is -0.359 e. The molecule has 0 aliphatic carbocycles. The van der Waals surface area contributed by atoms with Gasteiger partial charge >= 0.3 is 0 Å². The van der Waals surface area contributed by atoms with Crippen molar-refractivity contribution in [1.29, 1.82) is 0 Å². The summed E-state index contributed by atoms with van der Waals surface area (Å²) in [5.41, 5.74) is 1.02. The van der Waals surface area contributed by atoms with Crippen molar-refractivity contribution in [1.82, 2.24) is 15.8 Å². The highest BCUT2D eigenvalue weighted by Crippen LogP contribution is 2.22. The van der Waals surface area contributed by atoms with Crippen molar-refractivity contribution in [3.8, 4) is 0 Å². The minimum absolute atomic E-state index is 0.0239. The van der Waals surface area contributed by atoms with Crippen molar-refractivity contribution >= 4 is 5.96 Å². The van der Waals surface area contributed by atoms with Gasteiger partial charge in [0.2, 0.25) is 0 Å². The molecule has 2 N–H and O–H groups in total. The van der Waals surface area contributed by atoms with Crippen molar-refractivity contribution < 1.29 is 4.52 Å². The molecule has 0 aliphatic heterocycles. The smallest absolute Gasteiger partial charge is 0.191 e. The van der Waals surface area contributed by atoms with Crippen molar-refractivity contribution in [2.24, 2.45) is 4.99 Å². The fourth-order valence-electron chi connectivity index (χ4n) is 2.02. The molecule has 0 amide bonds. The zero-order valence-corrected chi connectivity index (χ0v) is 13.6. The number of nitrogens with zero attached hydrogens (tertiary/aromatic N) is 2. The summed E-state index contributed by atoms with van der Waals surface area (Å²) in [6, 6.07) is 2.04. The molecule has 0 unspecified atom stereocenters. The number of aromatic nitrogens is 1. The van der Waals surface area contributed by atoms with Crippen LogP contribution in [0.25, 0.3) is 0 Å². The Hall–Kier alpha value is -1.52. The molecule has 0 aromatic carbocycles. The molecular weight excluding hydrogens is 252 g/mol. The van der Waals surface area contributed by atoms with Crippen LogP contribution >= 0.6 is 0 Å². The van der Waals surface area contributed by atoms with E-state index in [9.17, 15) is 0 Å². The van der Waals surface area contributed by atoms with E-state index in [-0.39, 0.29) is 5.54 Å². The Balaban J connectivity index is 2.57. The van der Waals surface area contributed by atoms with E-state index in [1.54, 1.807) is 7.05 Å². The van der Waals surface area contributed by atoms with E-state index in [1.807, 2.05) is 6.07 Å². The van der Waals surface area contributed by atoms with Crippen LogP contribution < -0.4 is 10.6 Å². The molecule has 1 aromatic heterocycles. The van der Waals surface area contributed by atoms with Crippen LogP contribution in [0.5, 0.6) is 0 Å². The number of nitrogens with one attached hydrogen (secondary N) is 2. The van der Waals surface area contributed by atoms with Crippen LogP contribution in [-0.2, 0) is 6.54 Å².